The smallest absolute Gasteiger partial charge is 0.255 e. The molecule has 2 unspecified atom stereocenters. The summed E-state index contributed by atoms with van der Waals surface area (Å²) >= 11 is 1.58. The Morgan fingerprint density at radius 3 is 2.65 bits per heavy atom. The second kappa shape index (κ2) is 4.70. The van der Waals surface area contributed by atoms with Crippen LogP contribution >= 0.6 is 11.3 Å². The number of hydrogen-bond acceptors (Lipinski definition) is 4. The minimum atomic E-state index is 0.204. The van der Waals surface area contributed by atoms with Crippen molar-refractivity contribution >= 4 is 17.2 Å². The molecule has 2 fully saturated rings. The summed E-state index contributed by atoms with van der Waals surface area (Å²) < 4.78 is 1.96. The van der Waals surface area contributed by atoms with E-state index in [4.69, 9.17) is 0 Å². The highest BCUT2D eigenvalue weighted by Crippen LogP contribution is 2.41. The first kappa shape index (κ1) is 12.1. The molecule has 6 heteroatoms. The minimum Gasteiger partial charge on any atom is -0.332 e. The van der Waals surface area contributed by atoms with Crippen molar-refractivity contribution in [2.45, 2.75) is 43.8 Å². The number of hydrogen-bond donors (Lipinski definition) is 0. The van der Waals surface area contributed by atoms with Crippen LogP contribution in [0.1, 0.15) is 42.1 Å². The number of carbonyl (C=O) groups is 1. The molecule has 0 saturated carbocycles. The van der Waals surface area contributed by atoms with E-state index in [0.717, 1.165) is 31.2 Å². The van der Waals surface area contributed by atoms with Crippen molar-refractivity contribution < 1.29 is 4.79 Å². The molecule has 0 N–H and O–H groups in total. The van der Waals surface area contributed by atoms with Crippen LogP contribution in [0.25, 0.3) is 0 Å². The SMILES string of the molecule is O=C(c1ccsc1)N1C2CCC1CC(n1cncn1)C2. The van der Waals surface area contributed by atoms with Gasteiger partial charge in [-0.1, -0.05) is 0 Å². The van der Waals surface area contributed by atoms with Gasteiger partial charge in [-0.15, -0.1) is 0 Å². The Morgan fingerprint density at radius 1 is 1.25 bits per heavy atom. The maximum absolute atomic E-state index is 12.6. The third-order valence-corrected chi connectivity index (χ3v) is 5.20. The zero-order valence-electron chi connectivity index (χ0n) is 11.1. The summed E-state index contributed by atoms with van der Waals surface area (Å²) in [6.45, 7) is 0. The molecule has 0 aliphatic carbocycles. The molecule has 2 atom stereocenters. The molecule has 0 spiro atoms. The number of nitrogens with zero attached hydrogens (tertiary/aromatic N) is 4. The van der Waals surface area contributed by atoms with Crippen LogP contribution in [0.2, 0.25) is 0 Å². The van der Waals surface area contributed by atoms with E-state index in [1.807, 2.05) is 21.5 Å². The summed E-state index contributed by atoms with van der Waals surface area (Å²) in [7, 11) is 0. The quantitative estimate of drug-likeness (QED) is 0.852. The molecule has 4 heterocycles. The summed E-state index contributed by atoms with van der Waals surface area (Å²) in [6, 6.07) is 3.03. The molecule has 4 rings (SSSR count). The van der Waals surface area contributed by atoms with E-state index < -0.39 is 0 Å². The van der Waals surface area contributed by atoms with Crippen molar-refractivity contribution in [3.8, 4) is 0 Å². The van der Waals surface area contributed by atoms with Crippen LogP contribution in [0.5, 0.6) is 0 Å². The van der Waals surface area contributed by atoms with Crippen molar-refractivity contribution in [1.29, 1.82) is 0 Å². The van der Waals surface area contributed by atoms with Crippen molar-refractivity contribution in [3.63, 3.8) is 0 Å². The highest BCUT2D eigenvalue weighted by atomic mass is 32.1. The van der Waals surface area contributed by atoms with E-state index >= 15 is 0 Å². The molecule has 5 nitrogen and oxygen atoms in total. The van der Waals surface area contributed by atoms with E-state index in [2.05, 4.69) is 15.0 Å². The lowest BCUT2D eigenvalue weighted by Crippen LogP contribution is -2.46. The van der Waals surface area contributed by atoms with Crippen LogP contribution in [0, 0.1) is 0 Å². The minimum absolute atomic E-state index is 0.204. The lowest BCUT2D eigenvalue weighted by Gasteiger charge is -2.38. The average molecular weight is 288 g/mol. The zero-order chi connectivity index (χ0) is 13.5. The van der Waals surface area contributed by atoms with Crippen molar-refractivity contribution in [3.05, 3.63) is 35.0 Å². The lowest BCUT2D eigenvalue weighted by atomic mass is 9.97. The molecule has 2 bridgehead atoms. The van der Waals surface area contributed by atoms with Gasteiger partial charge >= 0.3 is 0 Å². The van der Waals surface area contributed by atoms with Gasteiger partial charge < -0.3 is 4.90 Å². The normalized spacial score (nSPS) is 28.8. The van der Waals surface area contributed by atoms with Crippen molar-refractivity contribution in [1.82, 2.24) is 19.7 Å². The van der Waals surface area contributed by atoms with Crippen LogP contribution in [0.3, 0.4) is 0 Å². The Kier molecular flexibility index (Phi) is 2.84. The molecule has 104 valence electrons. The third kappa shape index (κ3) is 1.86. The van der Waals surface area contributed by atoms with Crippen molar-refractivity contribution in [2.24, 2.45) is 0 Å². The van der Waals surface area contributed by atoms with Gasteiger partial charge in [0.25, 0.3) is 5.91 Å². The van der Waals surface area contributed by atoms with Gasteiger partial charge in [0.1, 0.15) is 12.7 Å². The second-order valence-corrected chi connectivity index (χ2v) is 6.39. The van der Waals surface area contributed by atoms with Crippen LogP contribution in [0.15, 0.2) is 29.5 Å². The van der Waals surface area contributed by atoms with E-state index in [9.17, 15) is 4.79 Å². The lowest BCUT2D eigenvalue weighted by molar-refractivity contribution is 0.0524. The Hall–Kier alpha value is -1.69. The van der Waals surface area contributed by atoms with E-state index in [1.165, 1.54) is 0 Å². The topological polar surface area (TPSA) is 51.0 Å². The maximum atomic E-state index is 12.6. The fourth-order valence-corrected chi connectivity index (χ4v) is 4.27. The van der Waals surface area contributed by atoms with Crippen LogP contribution < -0.4 is 0 Å². The third-order valence-electron chi connectivity index (χ3n) is 4.52. The Balaban J connectivity index is 1.56. The zero-order valence-corrected chi connectivity index (χ0v) is 11.9. The summed E-state index contributed by atoms with van der Waals surface area (Å²) in [5, 5.41) is 8.18. The van der Waals surface area contributed by atoms with Crippen LogP contribution in [-0.2, 0) is 0 Å². The predicted molar refractivity (Wildman–Crippen MR) is 75.6 cm³/mol. The highest BCUT2D eigenvalue weighted by molar-refractivity contribution is 7.08. The predicted octanol–water partition coefficient (Wildman–Crippen LogP) is 2.35. The molecule has 2 aromatic heterocycles. The molecular weight excluding hydrogens is 272 g/mol. The van der Waals surface area contributed by atoms with Gasteiger partial charge in [-0.2, -0.15) is 16.4 Å². The molecule has 2 saturated heterocycles. The summed E-state index contributed by atoms with van der Waals surface area (Å²) in [6.07, 6.45) is 7.61. The van der Waals surface area contributed by atoms with Crippen LogP contribution in [-0.4, -0.2) is 37.7 Å². The summed E-state index contributed by atoms with van der Waals surface area (Å²) in [4.78, 5) is 18.8. The number of fused-ring (bicyclic) bond motifs is 2. The van der Waals surface area contributed by atoms with Gasteiger partial charge in [0, 0.05) is 17.5 Å². The molecular formula is C14H16N4OS. The van der Waals surface area contributed by atoms with E-state index in [0.29, 0.717) is 18.1 Å². The molecule has 2 aliphatic heterocycles. The Bertz CT molecular complexity index is 581. The largest absolute Gasteiger partial charge is 0.332 e. The second-order valence-electron chi connectivity index (χ2n) is 5.61. The number of aromatic nitrogens is 3. The molecule has 1 amide bonds. The highest BCUT2D eigenvalue weighted by Gasteiger charge is 2.44. The number of amides is 1. The Labute approximate surface area is 121 Å². The van der Waals surface area contributed by atoms with Gasteiger partial charge in [0.15, 0.2) is 0 Å². The number of carbonyl (C=O) groups excluding carboxylic acids is 1. The first-order chi connectivity index (χ1) is 9.83. The summed E-state index contributed by atoms with van der Waals surface area (Å²) in [5.74, 6) is 0.204. The fourth-order valence-electron chi connectivity index (χ4n) is 3.64. The van der Waals surface area contributed by atoms with Crippen LogP contribution in [0.4, 0.5) is 0 Å². The maximum Gasteiger partial charge on any atom is 0.255 e. The first-order valence-corrected chi connectivity index (χ1v) is 7.96. The molecule has 0 aromatic carbocycles. The summed E-state index contributed by atoms with van der Waals surface area (Å²) in [5.41, 5.74) is 0.839. The van der Waals surface area contributed by atoms with E-state index in [1.54, 1.807) is 24.0 Å². The van der Waals surface area contributed by atoms with Crippen molar-refractivity contribution in [2.75, 3.05) is 0 Å². The van der Waals surface area contributed by atoms with Gasteiger partial charge in [0.05, 0.1) is 11.6 Å². The number of thiophene rings is 1. The number of piperidine rings is 1. The van der Waals surface area contributed by atoms with Gasteiger partial charge in [-0.3, -0.25) is 4.79 Å². The molecule has 2 aromatic rings. The molecule has 2 aliphatic rings. The van der Waals surface area contributed by atoms with Gasteiger partial charge in [-0.25, -0.2) is 9.67 Å². The molecule has 0 radical (unpaired) electrons. The number of rotatable bonds is 2. The average Bonchev–Trinajstić information content (AvgIpc) is 3.18. The standard InChI is InChI=1S/C14H16N4OS/c19-14(10-3-4-20-7-10)18-11-1-2-12(18)6-13(5-11)17-9-15-8-16-17/h3-4,7-9,11-13H,1-2,5-6H2. The van der Waals surface area contributed by atoms with E-state index in [-0.39, 0.29) is 5.91 Å². The molecule has 20 heavy (non-hydrogen) atoms. The van der Waals surface area contributed by atoms with Gasteiger partial charge in [0.2, 0.25) is 0 Å². The first-order valence-electron chi connectivity index (χ1n) is 7.02. The Morgan fingerprint density at radius 2 is 2.05 bits per heavy atom. The van der Waals surface area contributed by atoms with Gasteiger partial charge in [-0.05, 0) is 37.1 Å². The monoisotopic (exact) mass is 288 g/mol. The fraction of sp³-hybridized carbons (Fsp3) is 0.500.